The third-order valence-corrected chi connectivity index (χ3v) is 6.02. The van der Waals surface area contributed by atoms with Crippen LogP contribution in [0.5, 0.6) is 0 Å². The summed E-state index contributed by atoms with van der Waals surface area (Å²) in [6.07, 6.45) is 1.77. The van der Waals surface area contributed by atoms with Gasteiger partial charge < -0.3 is 5.73 Å². The van der Waals surface area contributed by atoms with Crippen LogP contribution < -0.4 is 5.73 Å². The number of carbonyl (C=O) groups excluding carboxylic acids is 1. The molecule has 1 aromatic heterocycles. The highest BCUT2D eigenvalue weighted by Gasteiger charge is 2.46. The van der Waals surface area contributed by atoms with E-state index in [1.54, 1.807) is 49.5 Å². The number of carbonyl (C=O) groups is 1. The summed E-state index contributed by atoms with van der Waals surface area (Å²) < 4.78 is 61.7. The van der Waals surface area contributed by atoms with E-state index in [2.05, 4.69) is 4.98 Å². The second-order valence-corrected chi connectivity index (χ2v) is 8.66. The molecule has 1 heterocycles. The van der Waals surface area contributed by atoms with Gasteiger partial charge in [0.05, 0.1) is 10.6 Å². The molecule has 2 N–H and O–H groups in total. The smallest absolute Gasteiger partial charge is 0.366 e. The van der Waals surface area contributed by atoms with Gasteiger partial charge in [0.15, 0.2) is 0 Å². The van der Waals surface area contributed by atoms with Crippen LogP contribution in [0.3, 0.4) is 0 Å². The Morgan fingerprint density at radius 2 is 1.71 bits per heavy atom. The summed E-state index contributed by atoms with van der Waals surface area (Å²) in [6, 6.07) is 13.3. The summed E-state index contributed by atoms with van der Waals surface area (Å²) in [5, 5.41) is 0. The summed E-state index contributed by atoms with van der Waals surface area (Å²) >= 11 is 0. The number of primary amides is 1. The van der Waals surface area contributed by atoms with Crippen LogP contribution in [0.4, 0.5) is 13.2 Å². The molecule has 0 spiro atoms. The maximum absolute atomic E-state index is 12.8. The molecule has 31 heavy (non-hydrogen) atoms. The zero-order valence-electron chi connectivity index (χ0n) is 16.2. The van der Waals surface area contributed by atoms with Gasteiger partial charge in [-0.2, -0.15) is 13.2 Å². The lowest BCUT2D eigenvalue weighted by molar-refractivity contribution is -0.0436. The predicted octanol–water partition coefficient (Wildman–Crippen LogP) is 4.46. The average Bonchev–Trinajstić information content (AvgIpc) is 2.67. The molecule has 3 aromatic rings. The molecular formula is C21H18ClF3N2O3S. The number of sulfone groups is 1. The van der Waals surface area contributed by atoms with Gasteiger partial charge >= 0.3 is 5.51 Å². The minimum Gasteiger partial charge on any atom is -0.366 e. The maximum Gasteiger partial charge on any atom is 0.501 e. The molecule has 0 saturated carbocycles. The van der Waals surface area contributed by atoms with Gasteiger partial charge in [-0.15, -0.1) is 12.4 Å². The molecule has 0 fully saturated rings. The number of benzene rings is 2. The Morgan fingerprint density at radius 1 is 1.03 bits per heavy atom. The number of hydrogen-bond donors (Lipinski definition) is 1. The third-order valence-electron chi connectivity index (χ3n) is 4.53. The topological polar surface area (TPSA) is 90.1 Å². The predicted molar refractivity (Wildman–Crippen MR) is 113 cm³/mol. The second kappa shape index (κ2) is 9.07. The molecule has 0 aliphatic rings. The molecule has 5 nitrogen and oxygen atoms in total. The van der Waals surface area contributed by atoms with Crippen molar-refractivity contribution in [2.75, 3.05) is 0 Å². The first-order valence-corrected chi connectivity index (χ1v) is 10.2. The Morgan fingerprint density at radius 3 is 2.32 bits per heavy atom. The average molecular weight is 471 g/mol. The lowest BCUT2D eigenvalue weighted by Gasteiger charge is -2.10. The Kier molecular flexibility index (Phi) is 7.13. The van der Waals surface area contributed by atoms with Gasteiger partial charge in [0.2, 0.25) is 5.91 Å². The monoisotopic (exact) mass is 470 g/mol. The van der Waals surface area contributed by atoms with Crippen molar-refractivity contribution in [3.05, 3.63) is 83.0 Å². The molecule has 164 valence electrons. The van der Waals surface area contributed by atoms with E-state index in [0.717, 1.165) is 23.3 Å². The lowest BCUT2D eigenvalue weighted by atomic mass is 10.00. The number of hydrogen-bond acceptors (Lipinski definition) is 4. The number of alkyl halides is 3. The van der Waals surface area contributed by atoms with Crippen LogP contribution in [0, 0.1) is 6.92 Å². The van der Waals surface area contributed by atoms with Crippen LogP contribution in [0.2, 0.25) is 0 Å². The highest BCUT2D eigenvalue weighted by atomic mass is 35.5. The lowest BCUT2D eigenvalue weighted by Crippen LogP contribution is -2.23. The largest absolute Gasteiger partial charge is 0.501 e. The molecule has 10 heteroatoms. The molecule has 0 radical (unpaired) electrons. The van der Waals surface area contributed by atoms with Gasteiger partial charge in [0, 0.05) is 17.3 Å². The van der Waals surface area contributed by atoms with Crippen molar-refractivity contribution in [1.29, 1.82) is 0 Å². The molecule has 0 atom stereocenters. The quantitative estimate of drug-likeness (QED) is 0.596. The number of halogens is 4. The van der Waals surface area contributed by atoms with Gasteiger partial charge in [-0.25, -0.2) is 8.42 Å². The van der Waals surface area contributed by atoms with Gasteiger partial charge in [-0.3, -0.25) is 9.78 Å². The molecule has 2 aromatic carbocycles. The minimum atomic E-state index is -5.41. The first-order valence-electron chi connectivity index (χ1n) is 8.75. The molecule has 0 bridgehead atoms. The van der Waals surface area contributed by atoms with E-state index < -0.39 is 26.1 Å². The standard InChI is InChI=1S/C21H17F3N2O3S.ClH/c1-13-9-16(5-6-18(13)20(25)27)19-12-15(7-8-26-19)10-14-3-2-4-17(11-14)30(28,29)21(22,23)24;/h2-9,11-12H,10H2,1H3,(H2,25,27);1H. The van der Waals surface area contributed by atoms with Crippen molar-refractivity contribution >= 4 is 28.2 Å². The van der Waals surface area contributed by atoms with E-state index in [1.807, 2.05) is 0 Å². The third kappa shape index (κ3) is 5.23. The summed E-state index contributed by atoms with van der Waals surface area (Å²) in [5.41, 5.74) is 3.55. The van der Waals surface area contributed by atoms with E-state index in [0.29, 0.717) is 22.4 Å². The van der Waals surface area contributed by atoms with Crippen molar-refractivity contribution < 1.29 is 26.4 Å². The summed E-state index contributed by atoms with van der Waals surface area (Å²) in [4.78, 5) is 14.9. The maximum atomic E-state index is 12.8. The van der Waals surface area contributed by atoms with Crippen molar-refractivity contribution in [2.24, 2.45) is 5.73 Å². The van der Waals surface area contributed by atoms with Crippen molar-refractivity contribution in [3.63, 3.8) is 0 Å². The number of aryl methyl sites for hydroxylation is 1. The summed E-state index contributed by atoms with van der Waals surface area (Å²) in [7, 11) is -5.41. The van der Waals surface area contributed by atoms with Gasteiger partial charge in [-0.1, -0.05) is 18.2 Å². The molecule has 0 saturated heterocycles. The van der Waals surface area contributed by atoms with E-state index in [9.17, 15) is 26.4 Å². The number of rotatable bonds is 5. The van der Waals surface area contributed by atoms with Gasteiger partial charge in [-0.05, 0) is 66.4 Å². The number of nitrogens with two attached hydrogens (primary N) is 1. The highest BCUT2D eigenvalue weighted by molar-refractivity contribution is 7.92. The fraction of sp³-hybridized carbons (Fsp3) is 0.143. The zero-order valence-corrected chi connectivity index (χ0v) is 17.8. The van der Waals surface area contributed by atoms with E-state index in [-0.39, 0.29) is 18.8 Å². The Hall–Kier alpha value is -2.91. The second-order valence-electron chi connectivity index (χ2n) is 6.72. The SMILES string of the molecule is Cc1cc(-c2cc(Cc3cccc(S(=O)(=O)C(F)(F)F)c3)ccn2)ccc1C(N)=O.Cl. The van der Waals surface area contributed by atoms with Crippen molar-refractivity contribution in [3.8, 4) is 11.3 Å². The normalized spacial score (nSPS) is 11.6. The van der Waals surface area contributed by atoms with Crippen molar-refractivity contribution in [2.45, 2.75) is 23.7 Å². The highest BCUT2D eigenvalue weighted by Crippen LogP contribution is 2.31. The van der Waals surface area contributed by atoms with Crippen LogP contribution in [-0.4, -0.2) is 24.8 Å². The van der Waals surface area contributed by atoms with Gasteiger partial charge in [0.25, 0.3) is 9.84 Å². The molecule has 0 unspecified atom stereocenters. The molecule has 1 amide bonds. The van der Waals surface area contributed by atoms with Crippen LogP contribution >= 0.6 is 12.4 Å². The minimum absolute atomic E-state index is 0. The Labute approximate surface area is 183 Å². The fourth-order valence-corrected chi connectivity index (χ4v) is 3.87. The van der Waals surface area contributed by atoms with Crippen LogP contribution in [0.1, 0.15) is 27.0 Å². The molecular weight excluding hydrogens is 453 g/mol. The zero-order chi connectivity index (χ0) is 22.1. The van der Waals surface area contributed by atoms with E-state index in [4.69, 9.17) is 5.73 Å². The molecule has 0 aliphatic heterocycles. The fourth-order valence-electron chi connectivity index (χ4n) is 3.03. The Bertz CT molecular complexity index is 1230. The first kappa shape index (κ1) is 24.4. The molecule has 0 aliphatic carbocycles. The Balaban J connectivity index is 0.00000341. The van der Waals surface area contributed by atoms with Gasteiger partial charge in [0.1, 0.15) is 0 Å². The van der Waals surface area contributed by atoms with Crippen LogP contribution in [0.25, 0.3) is 11.3 Å². The number of pyridine rings is 1. The van der Waals surface area contributed by atoms with Crippen LogP contribution in [-0.2, 0) is 16.3 Å². The summed E-state index contributed by atoms with van der Waals surface area (Å²) in [5.74, 6) is -0.533. The van der Waals surface area contributed by atoms with E-state index in [1.165, 1.54) is 6.07 Å². The van der Waals surface area contributed by atoms with Crippen LogP contribution in [0.15, 0.2) is 65.7 Å². The number of amides is 1. The van der Waals surface area contributed by atoms with E-state index >= 15 is 0 Å². The van der Waals surface area contributed by atoms with Crippen molar-refractivity contribution in [1.82, 2.24) is 4.98 Å². The number of nitrogens with zero attached hydrogens (tertiary/aromatic N) is 1. The number of aromatic nitrogens is 1. The summed E-state index contributed by atoms with van der Waals surface area (Å²) in [6.45, 7) is 1.75. The first-order chi connectivity index (χ1) is 14.0. The molecule has 3 rings (SSSR count).